The van der Waals surface area contributed by atoms with Gasteiger partial charge in [0.25, 0.3) is 0 Å². The van der Waals surface area contributed by atoms with Gasteiger partial charge in [0.05, 0.1) is 18.3 Å². The number of aromatic nitrogens is 2. The Hall–Kier alpha value is -1.72. The quantitative estimate of drug-likeness (QED) is 0.787. The highest BCUT2D eigenvalue weighted by Crippen LogP contribution is 2.23. The molecule has 0 N–H and O–H groups in total. The Bertz CT molecular complexity index is 534. The van der Waals surface area contributed by atoms with E-state index < -0.39 is 12.6 Å². The van der Waals surface area contributed by atoms with Gasteiger partial charge in [-0.15, -0.1) is 0 Å². The predicted molar refractivity (Wildman–Crippen MR) is 61.5 cm³/mol. The number of hydrogen-bond acceptors (Lipinski definition) is 2. The van der Waals surface area contributed by atoms with Crippen LogP contribution in [0.2, 0.25) is 0 Å². The molecule has 0 aliphatic carbocycles. The number of aryl methyl sites for hydroxylation is 1. The highest BCUT2D eigenvalue weighted by molar-refractivity contribution is 5.79. The normalized spacial score (nSPS) is 12.0. The molecule has 0 amide bonds. The fraction of sp³-hybridized carbons (Fsp3) is 0.417. The maximum atomic E-state index is 11.9. The average Bonchev–Trinajstić information content (AvgIpc) is 2.65. The zero-order valence-electron chi connectivity index (χ0n) is 9.87. The van der Waals surface area contributed by atoms with Gasteiger partial charge in [-0.1, -0.05) is 0 Å². The number of fused-ring (bicyclic) bond motifs is 1. The molecule has 0 saturated heterocycles. The van der Waals surface area contributed by atoms with E-state index in [2.05, 4.69) is 5.10 Å². The number of halogens is 3. The molecule has 0 bridgehead atoms. The van der Waals surface area contributed by atoms with Crippen molar-refractivity contribution in [2.75, 3.05) is 6.61 Å². The van der Waals surface area contributed by atoms with Crippen LogP contribution in [0, 0.1) is 0 Å². The second-order valence-electron chi connectivity index (χ2n) is 4.06. The molecule has 1 aromatic heterocycles. The van der Waals surface area contributed by atoms with E-state index >= 15 is 0 Å². The Kier molecular flexibility index (Phi) is 3.45. The van der Waals surface area contributed by atoms with Crippen molar-refractivity contribution in [3.63, 3.8) is 0 Å². The molecule has 2 aromatic rings. The molecule has 1 heterocycles. The van der Waals surface area contributed by atoms with E-state index in [-0.39, 0.29) is 13.0 Å². The van der Waals surface area contributed by atoms with Gasteiger partial charge in [-0.2, -0.15) is 18.3 Å². The zero-order valence-corrected chi connectivity index (χ0v) is 9.87. The fourth-order valence-electron chi connectivity index (χ4n) is 1.68. The lowest BCUT2D eigenvalue weighted by Gasteiger charge is -2.08. The maximum absolute atomic E-state index is 11.9. The monoisotopic (exact) mass is 258 g/mol. The molecule has 0 unspecified atom stereocenters. The summed E-state index contributed by atoms with van der Waals surface area (Å²) in [7, 11) is 1.80. The van der Waals surface area contributed by atoms with Crippen LogP contribution in [0.1, 0.15) is 12.8 Å². The predicted octanol–water partition coefficient (Wildman–Crippen LogP) is 3.29. The molecular formula is C12H13F3N2O. The molecule has 0 saturated carbocycles. The first-order valence-corrected chi connectivity index (χ1v) is 5.57. The van der Waals surface area contributed by atoms with Crippen molar-refractivity contribution in [2.45, 2.75) is 19.0 Å². The van der Waals surface area contributed by atoms with Gasteiger partial charge in [-0.3, -0.25) is 4.68 Å². The third-order valence-electron chi connectivity index (χ3n) is 2.59. The molecular weight excluding hydrogens is 245 g/mol. The van der Waals surface area contributed by atoms with Gasteiger partial charge in [0.2, 0.25) is 0 Å². The summed E-state index contributed by atoms with van der Waals surface area (Å²) in [6.07, 6.45) is -3.24. The summed E-state index contributed by atoms with van der Waals surface area (Å²) in [6, 6.07) is 5.34. The van der Waals surface area contributed by atoms with Crippen LogP contribution in [-0.2, 0) is 7.05 Å². The summed E-state index contributed by atoms with van der Waals surface area (Å²) in [5.74, 6) is 0.563. The van der Waals surface area contributed by atoms with Gasteiger partial charge in [-0.25, -0.2) is 0 Å². The van der Waals surface area contributed by atoms with Crippen LogP contribution in [-0.4, -0.2) is 22.6 Å². The van der Waals surface area contributed by atoms with E-state index in [0.29, 0.717) is 5.75 Å². The summed E-state index contributed by atoms with van der Waals surface area (Å²) in [4.78, 5) is 0. The van der Waals surface area contributed by atoms with Crippen molar-refractivity contribution in [1.29, 1.82) is 0 Å². The van der Waals surface area contributed by atoms with Crippen LogP contribution in [0.5, 0.6) is 5.75 Å². The summed E-state index contributed by atoms with van der Waals surface area (Å²) in [5.41, 5.74) is 0.892. The standard InChI is InChI=1S/C12H13F3N2O/c1-17-11-7-10(4-3-9(11)8-16-17)18-6-2-5-12(13,14)15/h3-4,7-8H,2,5-6H2,1H3. The van der Waals surface area contributed by atoms with Gasteiger partial charge in [0.1, 0.15) is 5.75 Å². The Labute approximate surface area is 102 Å². The Balaban J connectivity index is 1.93. The zero-order chi connectivity index (χ0) is 13.2. The highest BCUT2D eigenvalue weighted by Gasteiger charge is 2.26. The summed E-state index contributed by atoms with van der Waals surface area (Å²) < 4.78 is 42.8. The smallest absolute Gasteiger partial charge is 0.389 e. The fourth-order valence-corrected chi connectivity index (χ4v) is 1.68. The average molecular weight is 258 g/mol. The maximum Gasteiger partial charge on any atom is 0.389 e. The van der Waals surface area contributed by atoms with Gasteiger partial charge in [-0.05, 0) is 18.6 Å². The van der Waals surface area contributed by atoms with Crippen LogP contribution in [0.15, 0.2) is 24.4 Å². The number of benzene rings is 1. The first kappa shape index (κ1) is 12.7. The van der Waals surface area contributed by atoms with E-state index in [9.17, 15) is 13.2 Å². The minimum absolute atomic E-state index is 0.0348. The van der Waals surface area contributed by atoms with E-state index in [0.717, 1.165) is 10.9 Å². The number of alkyl halides is 3. The van der Waals surface area contributed by atoms with Crippen molar-refractivity contribution in [2.24, 2.45) is 7.05 Å². The molecule has 1 aromatic carbocycles. The van der Waals surface area contributed by atoms with Gasteiger partial charge in [0.15, 0.2) is 0 Å². The van der Waals surface area contributed by atoms with Crippen molar-refractivity contribution in [1.82, 2.24) is 9.78 Å². The molecule has 0 spiro atoms. The minimum Gasteiger partial charge on any atom is -0.494 e. The molecule has 98 valence electrons. The Morgan fingerprint density at radius 2 is 2.11 bits per heavy atom. The SMILES string of the molecule is Cn1ncc2ccc(OCCCC(F)(F)F)cc21. The molecule has 3 nitrogen and oxygen atoms in total. The van der Waals surface area contributed by atoms with Crippen LogP contribution in [0.25, 0.3) is 10.9 Å². The topological polar surface area (TPSA) is 27.1 Å². The van der Waals surface area contributed by atoms with E-state index in [1.165, 1.54) is 0 Å². The molecule has 18 heavy (non-hydrogen) atoms. The van der Waals surface area contributed by atoms with Crippen LogP contribution in [0.4, 0.5) is 13.2 Å². The molecule has 0 radical (unpaired) electrons. The highest BCUT2D eigenvalue weighted by atomic mass is 19.4. The third-order valence-corrected chi connectivity index (χ3v) is 2.59. The van der Waals surface area contributed by atoms with E-state index in [1.54, 1.807) is 30.1 Å². The molecule has 0 aliphatic heterocycles. The lowest BCUT2D eigenvalue weighted by Crippen LogP contribution is -2.09. The number of ether oxygens (including phenoxy) is 1. The van der Waals surface area contributed by atoms with Crippen LogP contribution >= 0.6 is 0 Å². The van der Waals surface area contributed by atoms with Crippen molar-refractivity contribution in [3.05, 3.63) is 24.4 Å². The molecule has 0 aliphatic rings. The second-order valence-corrected chi connectivity index (χ2v) is 4.06. The van der Waals surface area contributed by atoms with Crippen LogP contribution < -0.4 is 4.74 Å². The van der Waals surface area contributed by atoms with Gasteiger partial charge < -0.3 is 4.74 Å². The molecule has 0 fully saturated rings. The lowest BCUT2D eigenvalue weighted by molar-refractivity contribution is -0.136. The lowest BCUT2D eigenvalue weighted by atomic mass is 10.2. The first-order chi connectivity index (χ1) is 8.46. The molecule has 6 heteroatoms. The van der Waals surface area contributed by atoms with E-state index in [4.69, 9.17) is 4.74 Å². The van der Waals surface area contributed by atoms with Gasteiger partial charge in [0, 0.05) is 24.9 Å². The number of hydrogen-bond donors (Lipinski definition) is 0. The Morgan fingerprint density at radius 1 is 1.33 bits per heavy atom. The molecule has 2 rings (SSSR count). The number of rotatable bonds is 4. The Morgan fingerprint density at radius 3 is 2.83 bits per heavy atom. The summed E-state index contributed by atoms with van der Waals surface area (Å²) in [6.45, 7) is 0.0584. The van der Waals surface area contributed by atoms with Crippen molar-refractivity contribution in [3.8, 4) is 5.75 Å². The minimum atomic E-state index is -4.12. The third kappa shape index (κ3) is 3.15. The first-order valence-electron chi connectivity index (χ1n) is 5.57. The number of nitrogens with zero attached hydrogens (tertiary/aromatic N) is 2. The largest absolute Gasteiger partial charge is 0.494 e. The summed E-state index contributed by atoms with van der Waals surface area (Å²) in [5, 5.41) is 5.05. The molecule has 0 atom stereocenters. The summed E-state index contributed by atoms with van der Waals surface area (Å²) >= 11 is 0. The van der Waals surface area contributed by atoms with Crippen LogP contribution in [0.3, 0.4) is 0 Å². The van der Waals surface area contributed by atoms with E-state index in [1.807, 2.05) is 6.07 Å². The van der Waals surface area contributed by atoms with Crippen molar-refractivity contribution < 1.29 is 17.9 Å². The second kappa shape index (κ2) is 4.88. The van der Waals surface area contributed by atoms with Crippen molar-refractivity contribution >= 4 is 10.9 Å². The van der Waals surface area contributed by atoms with Gasteiger partial charge >= 0.3 is 6.18 Å².